The van der Waals surface area contributed by atoms with Gasteiger partial charge in [0, 0.05) is 38.0 Å². The molecule has 0 saturated carbocycles. The van der Waals surface area contributed by atoms with Gasteiger partial charge in [-0.25, -0.2) is 0 Å². The van der Waals surface area contributed by atoms with E-state index in [1.54, 1.807) is 0 Å². The number of likely N-dealkylation sites (tertiary alicyclic amines) is 1. The SMILES string of the molecule is O=C1CCC(=O)N1CCC(=O)N1CCCc2c1cccc2C(F)(F)F. The molecule has 1 aromatic carbocycles. The summed E-state index contributed by atoms with van der Waals surface area (Å²) in [4.78, 5) is 38.0. The number of amides is 3. The maximum atomic E-state index is 13.2. The number of fused-ring (bicyclic) bond motifs is 1. The van der Waals surface area contributed by atoms with Crippen molar-refractivity contribution in [3.63, 3.8) is 0 Å². The maximum absolute atomic E-state index is 13.2. The van der Waals surface area contributed by atoms with Gasteiger partial charge in [-0.15, -0.1) is 0 Å². The average Bonchev–Trinajstić information content (AvgIpc) is 2.89. The molecule has 25 heavy (non-hydrogen) atoms. The van der Waals surface area contributed by atoms with Crippen molar-refractivity contribution in [3.8, 4) is 0 Å². The minimum atomic E-state index is -4.47. The zero-order valence-corrected chi connectivity index (χ0v) is 13.4. The second-order valence-electron chi connectivity index (χ2n) is 6.14. The van der Waals surface area contributed by atoms with Crippen molar-refractivity contribution in [2.45, 2.75) is 38.3 Å². The molecule has 0 unspecified atom stereocenters. The van der Waals surface area contributed by atoms with Crippen molar-refractivity contribution >= 4 is 23.4 Å². The molecule has 0 aliphatic carbocycles. The highest BCUT2D eigenvalue weighted by atomic mass is 19.4. The van der Waals surface area contributed by atoms with E-state index in [9.17, 15) is 27.6 Å². The summed E-state index contributed by atoms with van der Waals surface area (Å²) in [6.07, 6.45) is -3.56. The summed E-state index contributed by atoms with van der Waals surface area (Å²) < 4.78 is 39.5. The number of halogens is 3. The molecule has 0 spiro atoms. The molecule has 8 heteroatoms. The molecule has 2 aliphatic heterocycles. The number of benzene rings is 1. The number of anilines is 1. The number of nitrogens with zero attached hydrogens (tertiary/aromatic N) is 2. The lowest BCUT2D eigenvalue weighted by Crippen LogP contribution is -2.39. The molecule has 0 aromatic heterocycles. The van der Waals surface area contributed by atoms with E-state index in [4.69, 9.17) is 0 Å². The van der Waals surface area contributed by atoms with E-state index in [-0.39, 0.29) is 61.2 Å². The second-order valence-corrected chi connectivity index (χ2v) is 6.14. The quantitative estimate of drug-likeness (QED) is 0.784. The van der Waals surface area contributed by atoms with Crippen LogP contribution in [0.3, 0.4) is 0 Å². The van der Waals surface area contributed by atoms with Gasteiger partial charge >= 0.3 is 6.18 Å². The van der Waals surface area contributed by atoms with Gasteiger partial charge < -0.3 is 4.90 Å². The Kier molecular flexibility index (Phi) is 4.53. The van der Waals surface area contributed by atoms with Crippen LogP contribution in [0.25, 0.3) is 0 Å². The monoisotopic (exact) mass is 354 g/mol. The number of alkyl halides is 3. The van der Waals surface area contributed by atoms with Gasteiger partial charge in [-0.3, -0.25) is 19.3 Å². The molecule has 2 aliphatic rings. The van der Waals surface area contributed by atoms with Crippen molar-refractivity contribution in [3.05, 3.63) is 29.3 Å². The first-order chi connectivity index (χ1) is 11.8. The van der Waals surface area contributed by atoms with Crippen molar-refractivity contribution in [1.82, 2.24) is 4.90 Å². The maximum Gasteiger partial charge on any atom is 0.416 e. The van der Waals surface area contributed by atoms with Crippen LogP contribution < -0.4 is 4.90 Å². The van der Waals surface area contributed by atoms with Crippen LogP contribution >= 0.6 is 0 Å². The van der Waals surface area contributed by atoms with Crippen LogP contribution in [0.4, 0.5) is 18.9 Å². The molecular formula is C17H17F3N2O3. The average molecular weight is 354 g/mol. The third-order valence-corrected chi connectivity index (χ3v) is 4.56. The molecule has 0 N–H and O–H groups in total. The zero-order valence-electron chi connectivity index (χ0n) is 13.4. The fraction of sp³-hybridized carbons (Fsp3) is 0.471. The molecule has 0 bridgehead atoms. The number of carbonyl (C=O) groups excluding carboxylic acids is 3. The molecule has 2 heterocycles. The molecule has 134 valence electrons. The predicted molar refractivity (Wildman–Crippen MR) is 82.7 cm³/mol. The number of imide groups is 1. The van der Waals surface area contributed by atoms with Crippen molar-refractivity contribution in [2.75, 3.05) is 18.0 Å². The van der Waals surface area contributed by atoms with E-state index < -0.39 is 11.7 Å². The molecule has 0 radical (unpaired) electrons. The van der Waals surface area contributed by atoms with Crippen LogP contribution in [-0.4, -0.2) is 35.7 Å². The summed E-state index contributed by atoms with van der Waals surface area (Å²) in [6.45, 7) is 0.302. The number of carbonyl (C=O) groups is 3. The third-order valence-electron chi connectivity index (χ3n) is 4.56. The topological polar surface area (TPSA) is 57.7 Å². The summed E-state index contributed by atoms with van der Waals surface area (Å²) in [7, 11) is 0. The molecule has 0 atom stereocenters. The first kappa shape index (κ1) is 17.4. The third kappa shape index (κ3) is 3.38. The van der Waals surface area contributed by atoms with E-state index in [1.807, 2.05) is 0 Å². The highest BCUT2D eigenvalue weighted by Gasteiger charge is 2.37. The van der Waals surface area contributed by atoms with Gasteiger partial charge in [0.25, 0.3) is 0 Å². The van der Waals surface area contributed by atoms with E-state index in [1.165, 1.54) is 17.0 Å². The first-order valence-electron chi connectivity index (χ1n) is 8.11. The Morgan fingerprint density at radius 2 is 1.76 bits per heavy atom. The first-order valence-corrected chi connectivity index (χ1v) is 8.11. The zero-order chi connectivity index (χ0) is 18.2. The van der Waals surface area contributed by atoms with Gasteiger partial charge in [0.2, 0.25) is 17.7 Å². The minimum absolute atomic E-state index is 0.0265. The largest absolute Gasteiger partial charge is 0.416 e. The Labute approximate surface area is 142 Å². The van der Waals surface area contributed by atoms with E-state index in [0.717, 1.165) is 11.0 Å². The number of hydrogen-bond acceptors (Lipinski definition) is 3. The normalized spacial score (nSPS) is 17.9. The van der Waals surface area contributed by atoms with Gasteiger partial charge in [-0.1, -0.05) is 6.07 Å². The predicted octanol–water partition coefficient (Wildman–Crippen LogP) is 2.52. The van der Waals surface area contributed by atoms with Gasteiger partial charge in [0.1, 0.15) is 0 Å². The number of rotatable bonds is 3. The van der Waals surface area contributed by atoms with Gasteiger partial charge in [0.15, 0.2) is 0 Å². The van der Waals surface area contributed by atoms with E-state index >= 15 is 0 Å². The molecular weight excluding hydrogens is 337 g/mol. The number of hydrogen-bond donors (Lipinski definition) is 0. The summed E-state index contributed by atoms with van der Waals surface area (Å²) in [5.74, 6) is -1.000. The van der Waals surface area contributed by atoms with Crippen LogP contribution in [0.15, 0.2) is 18.2 Å². The lowest BCUT2D eigenvalue weighted by molar-refractivity contribution is -0.139. The van der Waals surface area contributed by atoms with Crippen molar-refractivity contribution in [2.24, 2.45) is 0 Å². The van der Waals surface area contributed by atoms with Gasteiger partial charge in [-0.05, 0) is 30.5 Å². The van der Waals surface area contributed by atoms with Crippen LogP contribution in [0.5, 0.6) is 0 Å². The van der Waals surface area contributed by atoms with Crippen molar-refractivity contribution in [1.29, 1.82) is 0 Å². The lowest BCUT2D eigenvalue weighted by atomic mass is 9.95. The summed E-state index contributed by atoms with van der Waals surface area (Å²) in [5, 5.41) is 0. The van der Waals surface area contributed by atoms with Crippen LogP contribution in [-0.2, 0) is 27.0 Å². The summed E-state index contributed by atoms with van der Waals surface area (Å²) in [6, 6.07) is 3.82. The van der Waals surface area contributed by atoms with Crippen molar-refractivity contribution < 1.29 is 27.6 Å². The lowest BCUT2D eigenvalue weighted by Gasteiger charge is -2.31. The van der Waals surface area contributed by atoms with E-state index in [2.05, 4.69) is 0 Å². The van der Waals surface area contributed by atoms with Gasteiger partial charge in [-0.2, -0.15) is 13.2 Å². The van der Waals surface area contributed by atoms with Gasteiger partial charge in [0.05, 0.1) is 5.56 Å². The highest BCUT2D eigenvalue weighted by molar-refractivity contribution is 6.02. The molecule has 5 nitrogen and oxygen atoms in total. The molecule has 3 amide bonds. The Hall–Kier alpha value is -2.38. The highest BCUT2D eigenvalue weighted by Crippen LogP contribution is 2.39. The van der Waals surface area contributed by atoms with E-state index in [0.29, 0.717) is 13.0 Å². The Morgan fingerprint density at radius 1 is 1.08 bits per heavy atom. The molecule has 1 saturated heterocycles. The minimum Gasteiger partial charge on any atom is -0.312 e. The Balaban J connectivity index is 1.78. The molecule has 1 aromatic rings. The van der Waals surface area contributed by atoms with Crippen LogP contribution in [0.2, 0.25) is 0 Å². The Bertz CT molecular complexity index is 714. The standard InChI is InChI=1S/C17H17F3N2O3/c18-17(19,20)12-4-1-5-13-11(12)3-2-9-21(13)16(25)8-10-22-14(23)6-7-15(22)24/h1,4-5H,2-3,6-10H2. The van der Waals surface area contributed by atoms with Crippen LogP contribution in [0.1, 0.15) is 36.8 Å². The Morgan fingerprint density at radius 3 is 2.40 bits per heavy atom. The smallest absolute Gasteiger partial charge is 0.312 e. The fourth-order valence-corrected chi connectivity index (χ4v) is 3.36. The van der Waals surface area contributed by atoms with Crippen LogP contribution in [0, 0.1) is 0 Å². The summed E-state index contributed by atoms with van der Waals surface area (Å²) >= 11 is 0. The summed E-state index contributed by atoms with van der Waals surface area (Å²) in [5.41, 5.74) is -0.319. The molecule has 3 rings (SSSR count). The molecule has 1 fully saturated rings. The second kappa shape index (κ2) is 6.50. The fourth-order valence-electron chi connectivity index (χ4n) is 3.36.